The van der Waals surface area contributed by atoms with Gasteiger partial charge in [-0.1, -0.05) is 31.2 Å². The van der Waals surface area contributed by atoms with Gasteiger partial charge >= 0.3 is 0 Å². The Kier molecular flexibility index (Phi) is 5.61. The van der Waals surface area contributed by atoms with Gasteiger partial charge in [0.05, 0.1) is 10.6 Å². The van der Waals surface area contributed by atoms with Gasteiger partial charge in [-0.2, -0.15) is 0 Å². The van der Waals surface area contributed by atoms with Crippen LogP contribution in [-0.2, 0) is 16.4 Å². The first-order chi connectivity index (χ1) is 14.0. The number of rotatable bonds is 4. The molecule has 2 aromatic carbocycles. The molecule has 1 saturated heterocycles. The molecule has 2 heterocycles. The second-order valence-corrected chi connectivity index (χ2v) is 9.43. The Bertz CT molecular complexity index is 998. The molecule has 1 amide bonds. The van der Waals surface area contributed by atoms with E-state index in [4.69, 9.17) is 0 Å². The first-order valence-electron chi connectivity index (χ1n) is 10.2. The lowest BCUT2D eigenvalue weighted by Gasteiger charge is -2.34. The number of para-hydroxylation sites is 1. The third-order valence-corrected chi connectivity index (χ3v) is 7.65. The van der Waals surface area contributed by atoms with Gasteiger partial charge in [0.2, 0.25) is 0 Å². The zero-order valence-electron chi connectivity index (χ0n) is 16.8. The topological polar surface area (TPSA) is 60.9 Å². The number of carbonyl (C=O) groups excluding carboxylic acids is 1. The van der Waals surface area contributed by atoms with Crippen molar-refractivity contribution in [1.29, 1.82) is 0 Å². The lowest BCUT2D eigenvalue weighted by atomic mass is 10.0. The number of piperazine rings is 1. The summed E-state index contributed by atoms with van der Waals surface area (Å²) in [6.45, 7) is 6.59. The summed E-state index contributed by atoms with van der Waals surface area (Å²) in [4.78, 5) is 17.2. The van der Waals surface area contributed by atoms with Crippen molar-refractivity contribution in [2.75, 3.05) is 43.6 Å². The molecule has 2 aromatic rings. The van der Waals surface area contributed by atoms with E-state index in [2.05, 4.69) is 11.8 Å². The number of nitrogens with zero attached hydrogens (tertiary/aromatic N) is 3. The molecule has 4 rings (SSSR count). The van der Waals surface area contributed by atoms with Crippen LogP contribution in [0.3, 0.4) is 0 Å². The summed E-state index contributed by atoms with van der Waals surface area (Å²) in [5.41, 5.74) is 2.22. The number of hydrogen-bond acceptors (Lipinski definition) is 4. The Morgan fingerprint density at radius 1 is 0.966 bits per heavy atom. The van der Waals surface area contributed by atoms with Crippen LogP contribution in [0, 0.1) is 0 Å². The van der Waals surface area contributed by atoms with Crippen LogP contribution < -0.4 is 4.31 Å². The average molecular weight is 414 g/mol. The molecule has 0 unspecified atom stereocenters. The molecule has 1 fully saturated rings. The van der Waals surface area contributed by atoms with E-state index >= 15 is 0 Å². The van der Waals surface area contributed by atoms with Gasteiger partial charge in [0.15, 0.2) is 0 Å². The number of hydrogen-bond donors (Lipinski definition) is 0. The number of amides is 1. The van der Waals surface area contributed by atoms with Gasteiger partial charge in [0.25, 0.3) is 15.9 Å². The van der Waals surface area contributed by atoms with Gasteiger partial charge in [0.1, 0.15) is 0 Å². The Morgan fingerprint density at radius 3 is 2.48 bits per heavy atom. The Morgan fingerprint density at radius 2 is 1.72 bits per heavy atom. The minimum absolute atomic E-state index is 0.100. The maximum Gasteiger partial charge on any atom is 0.264 e. The van der Waals surface area contributed by atoms with Crippen molar-refractivity contribution in [2.24, 2.45) is 0 Å². The monoisotopic (exact) mass is 413 g/mol. The highest BCUT2D eigenvalue weighted by Crippen LogP contribution is 2.32. The number of anilines is 1. The molecular formula is C22H27N3O3S. The Balaban J connectivity index is 1.60. The maximum atomic E-state index is 13.4. The highest BCUT2D eigenvalue weighted by Gasteiger charge is 2.30. The molecule has 7 heteroatoms. The minimum Gasteiger partial charge on any atom is -0.336 e. The van der Waals surface area contributed by atoms with Crippen LogP contribution in [0.15, 0.2) is 53.4 Å². The zero-order valence-corrected chi connectivity index (χ0v) is 17.6. The van der Waals surface area contributed by atoms with Crippen LogP contribution in [-0.4, -0.2) is 63.4 Å². The number of fused-ring (bicyclic) bond motifs is 1. The summed E-state index contributed by atoms with van der Waals surface area (Å²) in [7, 11) is -3.72. The number of aryl methyl sites for hydroxylation is 1. The highest BCUT2D eigenvalue weighted by atomic mass is 32.2. The SMILES string of the molecule is CCN1CCN(C(=O)c2cccc(S(=O)(=O)N3CCCc4ccccc43)c2)CC1. The van der Waals surface area contributed by atoms with E-state index in [1.54, 1.807) is 18.2 Å². The van der Waals surface area contributed by atoms with Crippen LogP contribution in [0.2, 0.25) is 0 Å². The second kappa shape index (κ2) is 8.16. The van der Waals surface area contributed by atoms with Gasteiger partial charge in [-0.05, 0) is 49.2 Å². The molecule has 0 aliphatic carbocycles. The molecule has 0 aromatic heterocycles. The second-order valence-electron chi connectivity index (χ2n) is 7.56. The van der Waals surface area contributed by atoms with E-state index in [0.717, 1.165) is 43.7 Å². The summed E-state index contributed by atoms with van der Waals surface area (Å²) in [6.07, 6.45) is 1.67. The smallest absolute Gasteiger partial charge is 0.264 e. The standard InChI is InChI=1S/C22H27N3O3S/c1-2-23-13-15-24(16-14-23)22(26)19-8-5-10-20(17-19)29(27,28)25-12-6-9-18-7-3-4-11-21(18)25/h3-5,7-8,10-11,17H,2,6,9,12-16H2,1H3. The van der Waals surface area contributed by atoms with Gasteiger partial charge in [0, 0.05) is 38.3 Å². The predicted octanol–water partition coefficient (Wildman–Crippen LogP) is 2.61. The van der Waals surface area contributed by atoms with E-state index in [1.807, 2.05) is 29.2 Å². The van der Waals surface area contributed by atoms with Crippen molar-refractivity contribution in [1.82, 2.24) is 9.80 Å². The fraction of sp³-hybridized carbons (Fsp3) is 0.409. The van der Waals surface area contributed by atoms with E-state index in [9.17, 15) is 13.2 Å². The van der Waals surface area contributed by atoms with Gasteiger partial charge in [-0.25, -0.2) is 8.42 Å². The normalized spacial score (nSPS) is 17.8. The minimum atomic E-state index is -3.72. The van der Waals surface area contributed by atoms with E-state index in [1.165, 1.54) is 10.4 Å². The van der Waals surface area contributed by atoms with Crippen LogP contribution in [0.25, 0.3) is 0 Å². The fourth-order valence-corrected chi connectivity index (χ4v) is 5.70. The first kappa shape index (κ1) is 19.9. The summed E-state index contributed by atoms with van der Waals surface area (Å²) in [6, 6.07) is 14.1. The molecule has 2 aliphatic rings. The number of sulfonamides is 1. The first-order valence-corrected chi connectivity index (χ1v) is 11.7. The van der Waals surface area contributed by atoms with Gasteiger partial charge < -0.3 is 9.80 Å². The highest BCUT2D eigenvalue weighted by molar-refractivity contribution is 7.92. The molecular weight excluding hydrogens is 386 g/mol. The number of likely N-dealkylation sites (N-methyl/N-ethyl adjacent to an activating group) is 1. The van der Waals surface area contributed by atoms with Gasteiger partial charge in [-0.3, -0.25) is 9.10 Å². The van der Waals surface area contributed by atoms with Crippen molar-refractivity contribution < 1.29 is 13.2 Å². The van der Waals surface area contributed by atoms with Crippen molar-refractivity contribution in [3.63, 3.8) is 0 Å². The molecule has 0 N–H and O–H groups in total. The quantitative estimate of drug-likeness (QED) is 0.773. The van der Waals surface area contributed by atoms with Crippen molar-refractivity contribution in [2.45, 2.75) is 24.7 Å². The summed E-state index contributed by atoms with van der Waals surface area (Å²) < 4.78 is 28.2. The summed E-state index contributed by atoms with van der Waals surface area (Å²) in [5, 5.41) is 0. The maximum absolute atomic E-state index is 13.4. The molecule has 154 valence electrons. The summed E-state index contributed by atoms with van der Waals surface area (Å²) in [5.74, 6) is -0.100. The molecule has 0 saturated carbocycles. The Labute approximate surface area is 172 Å². The molecule has 6 nitrogen and oxygen atoms in total. The third-order valence-electron chi connectivity index (χ3n) is 5.84. The average Bonchev–Trinajstić information content (AvgIpc) is 2.78. The lowest BCUT2D eigenvalue weighted by molar-refractivity contribution is 0.0643. The fourth-order valence-electron chi connectivity index (χ4n) is 4.12. The summed E-state index contributed by atoms with van der Waals surface area (Å²) >= 11 is 0. The van der Waals surface area contributed by atoms with Gasteiger partial charge in [-0.15, -0.1) is 0 Å². The van der Waals surface area contributed by atoms with Crippen LogP contribution in [0.1, 0.15) is 29.3 Å². The largest absolute Gasteiger partial charge is 0.336 e. The molecule has 0 atom stereocenters. The lowest BCUT2D eigenvalue weighted by Crippen LogP contribution is -2.48. The van der Waals surface area contributed by atoms with Crippen molar-refractivity contribution in [3.05, 3.63) is 59.7 Å². The van der Waals surface area contributed by atoms with Crippen LogP contribution in [0.5, 0.6) is 0 Å². The van der Waals surface area contributed by atoms with E-state index in [-0.39, 0.29) is 10.8 Å². The molecule has 0 spiro atoms. The van der Waals surface area contributed by atoms with E-state index < -0.39 is 10.0 Å². The number of benzene rings is 2. The third kappa shape index (κ3) is 3.89. The number of carbonyl (C=O) groups is 1. The van der Waals surface area contributed by atoms with Crippen LogP contribution in [0.4, 0.5) is 5.69 Å². The molecule has 0 bridgehead atoms. The zero-order chi connectivity index (χ0) is 20.4. The van der Waals surface area contributed by atoms with Crippen molar-refractivity contribution >= 4 is 21.6 Å². The molecule has 2 aliphatic heterocycles. The predicted molar refractivity (Wildman–Crippen MR) is 114 cm³/mol. The van der Waals surface area contributed by atoms with Crippen LogP contribution >= 0.6 is 0 Å². The molecule has 29 heavy (non-hydrogen) atoms. The molecule has 0 radical (unpaired) electrons. The van der Waals surface area contributed by atoms with Crippen molar-refractivity contribution in [3.8, 4) is 0 Å². The van der Waals surface area contributed by atoms with E-state index in [0.29, 0.717) is 25.2 Å². The Hall–Kier alpha value is -2.38.